The number of nitro groups is 1. The molecule has 0 radical (unpaired) electrons. The van der Waals surface area contributed by atoms with Crippen LogP contribution in [0.25, 0.3) is 0 Å². The number of methoxy groups -OCH3 is 2. The third-order valence-electron chi connectivity index (χ3n) is 3.22. The summed E-state index contributed by atoms with van der Waals surface area (Å²) in [6.45, 7) is 0. The lowest BCUT2D eigenvalue weighted by Gasteiger charge is -2.13. The number of rotatable bonds is 6. The normalized spacial score (nSPS) is 10.8. The van der Waals surface area contributed by atoms with Gasteiger partial charge in [-0.3, -0.25) is 14.8 Å². The van der Waals surface area contributed by atoms with Crippen molar-refractivity contribution in [3.63, 3.8) is 0 Å². The van der Waals surface area contributed by atoms with Crippen molar-refractivity contribution in [1.29, 1.82) is 0 Å². The first-order valence-corrected chi connectivity index (χ1v) is 8.31. The molecule has 0 aromatic heterocycles. The lowest BCUT2D eigenvalue weighted by molar-refractivity contribution is -0.385. The van der Waals surface area contributed by atoms with Gasteiger partial charge in [0.15, 0.2) is 0 Å². The van der Waals surface area contributed by atoms with Crippen LogP contribution in [0.4, 0.5) is 11.4 Å². The van der Waals surface area contributed by atoms with Gasteiger partial charge in [0.05, 0.1) is 30.4 Å². The largest absolute Gasteiger partial charge is 0.495 e. The number of anilines is 1. The van der Waals surface area contributed by atoms with Crippen molar-refractivity contribution >= 4 is 27.4 Å². The molecule has 2 aromatic carbocycles. The van der Waals surface area contributed by atoms with E-state index in [1.807, 2.05) is 0 Å². The van der Waals surface area contributed by atoms with Gasteiger partial charge in [0.2, 0.25) is 0 Å². The molecule has 0 bridgehead atoms. The number of benzene rings is 2. The third kappa shape index (κ3) is 3.86. The number of carbonyl (C=O) groups excluding carboxylic acids is 1. The Hall–Kier alpha value is -3.14. The van der Waals surface area contributed by atoms with E-state index in [1.54, 1.807) is 0 Å². The highest BCUT2D eigenvalue weighted by Crippen LogP contribution is 2.30. The predicted octanol–water partition coefficient (Wildman–Crippen LogP) is 2.19. The maximum atomic E-state index is 12.7. The minimum atomic E-state index is -4.26. The minimum absolute atomic E-state index is 0.00188. The summed E-state index contributed by atoms with van der Waals surface area (Å²) < 4.78 is 37.1. The van der Waals surface area contributed by atoms with Crippen molar-refractivity contribution in [1.82, 2.24) is 0 Å². The van der Waals surface area contributed by atoms with Gasteiger partial charge in [-0.15, -0.1) is 0 Å². The van der Waals surface area contributed by atoms with E-state index in [9.17, 15) is 23.3 Å². The molecule has 0 unspecified atom stereocenters. The molecule has 2 rings (SSSR count). The number of nitrogens with zero attached hydrogens (tertiary/aromatic N) is 1. The van der Waals surface area contributed by atoms with Crippen LogP contribution in [0.3, 0.4) is 0 Å². The summed E-state index contributed by atoms with van der Waals surface area (Å²) in [4.78, 5) is 21.5. The summed E-state index contributed by atoms with van der Waals surface area (Å²) in [5.74, 6) is -0.807. The second-order valence-electron chi connectivity index (χ2n) is 4.73. The fourth-order valence-corrected chi connectivity index (χ4v) is 3.32. The van der Waals surface area contributed by atoms with Crippen molar-refractivity contribution in [2.75, 3.05) is 18.9 Å². The number of nitro benzene ring substituents is 1. The zero-order valence-corrected chi connectivity index (χ0v) is 14.1. The van der Waals surface area contributed by atoms with Crippen molar-refractivity contribution in [2.24, 2.45) is 0 Å². The van der Waals surface area contributed by atoms with Crippen LogP contribution >= 0.6 is 0 Å². The lowest BCUT2D eigenvalue weighted by atomic mass is 10.2. The molecule has 0 amide bonds. The molecule has 10 heteroatoms. The number of non-ortho nitro benzene ring substituents is 1. The van der Waals surface area contributed by atoms with Crippen molar-refractivity contribution in [3.05, 3.63) is 58.1 Å². The number of nitrogens with one attached hydrogen (secondary N) is 1. The molecule has 0 aliphatic carbocycles. The van der Waals surface area contributed by atoms with Gasteiger partial charge in [-0.1, -0.05) is 12.1 Å². The average molecular weight is 366 g/mol. The Morgan fingerprint density at radius 3 is 2.44 bits per heavy atom. The van der Waals surface area contributed by atoms with Gasteiger partial charge in [-0.25, -0.2) is 13.2 Å². The SMILES string of the molecule is COC(=O)c1ccccc1NS(=O)(=O)c1cc([N+](=O)[O-])ccc1OC. The van der Waals surface area contributed by atoms with E-state index in [1.165, 1.54) is 37.4 Å². The summed E-state index contributed by atoms with van der Waals surface area (Å²) in [5.41, 5.74) is -0.441. The summed E-state index contributed by atoms with van der Waals surface area (Å²) in [6, 6.07) is 9.00. The Labute approximate surface area is 143 Å². The molecule has 1 N–H and O–H groups in total. The van der Waals surface area contributed by atoms with E-state index in [0.29, 0.717) is 0 Å². The highest BCUT2D eigenvalue weighted by Gasteiger charge is 2.25. The topological polar surface area (TPSA) is 125 Å². The molecule has 0 aliphatic rings. The molecule has 132 valence electrons. The van der Waals surface area contributed by atoms with E-state index < -0.39 is 31.5 Å². The first-order chi connectivity index (χ1) is 11.8. The number of ether oxygens (including phenoxy) is 2. The Bertz CT molecular complexity index is 925. The van der Waals surface area contributed by atoms with E-state index in [-0.39, 0.29) is 17.0 Å². The number of hydrogen-bond donors (Lipinski definition) is 1. The zero-order valence-electron chi connectivity index (χ0n) is 13.3. The first-order valence-electron chi connectivity index (χ1n) is 6.82. The Kier molecular flexibility index (Phi) is 5.22. The van der Waals surface area contributed by atoms with Gasteiger partial charge in [0, 0.05) is 12.1 Å². The van der Waals surface area contributed by atoms with Crippen LogP contribution in [0, 0.1) is 10.1 Å². The molecule has 25 heavy (non-hydrogen) atoms. The van der Waals surface area contributed by atoms with Crippen LogP contribution in [0.2, 0.25) is 0 Å². The molecule has 0 atom stereocenters. The number of esters is 1. The van der Waals surface area contributed by atoms with Gasteiger partial charge in [0.25, 0.3) is 15.7 Å². The lowest BCUT2D eigenvalue weighted by Crippen LogP contribution is -2.17. The smallest absolute Gasteiger partial charge is 0.339 e. The summed E-state index contributed by atoms with van der Waals surface area (Å²) in [6.07, 6.45) is 0. The second-order valence-corrected chi connectivity index (χ2v) is 6.39. The molecule has 0 spiro atoms. The molecule has 0 heterocycles. The number of hydrogen-bond acceptors (Lipinski definition) is 7. The standard InChI is InChI=1S/C15H14N2O7S/c1-23-13-8-7-10(17(19)20)9-14(13)25(21,22)16-12-6-4-3-5-11(12)15(18)24-2/h3-9,16H,1-2H3. The van der Waals surface area contributed by atoms with Crippen LogP contribution in [0.5, 0.6) is 5.75 Å². The van der Waals surface area contributed by atoms with Gasteiger partial charge in [-0.05, 0) is 18.2 Å². The summed E-state index contributed by atoms with van der Waals surface area (Å²) >= 11 is 0. The Morgan fingerprint density at radius 1 is 1.16 bits per heavy atom. The molecule has 2 aromatic rings. The molecular formula is C15H14N2O7S. The molecule has 0 fully saturated rings. The fraction of sp³-hybridized carbons (Fsp3) is 0.133. The highest BCUT2D eigenvalue weighted by molar-refractivity contribution is 7.92. The van der Waals surface area contributed by atoms with E-state index in [4.69, 9.17) is 4.74 Å². The van der Waals surface area contributed by atoms with E-state index in [0.717, 1.165) is 19.2 Å². The van der Waals surface area contributed by atoms with Gasteiger partial charge in [0.1, 0.15) is 10.6 Å². The monoisotopic (exact) mass is 366 g/mol. The minimum Gasteiger partial charge on any atom is -0.495 e. The number of sulfonamides is 1. The average Bonchev–Trinajstić information content (AvgIpc) is 2.60. The molecule has 0 saturated carbocycles. The molecule has 0 aliphatic heterocycles. The van der Waals surface area contributed by atoms with Gasteiger partial charge >= 0.3 is 5.97 Å². The number of para-hydroxylation sites is 1. The Morgan fingerprint density at radius 2 is 1.84 bits per heavy atom. The maximum Gasteiger partial charge on any atom is 0.339 e. The number of carbonyl (C=O) groups is 1. The zero-order chi connectivity index (χ0) is 18.6. The van der Waals surface area contributed by atoms with Gasteiger partial charge in [-0.2, -0.15) is 0 Å². The van der Waals surface area contributed by atoms with Crippen LogP contribution in [-0.4, -0.2) is 33.5 Å². The molecular weight excluding hydrogens is 352 g/mol. The van der Waals surface area contributed by atoms with E-state index >= 15 is 0 Å². The van der Waals surface area contributed by atoms with Crippen LogP contribution < -0.4 is 9.46 Å². The highest BCUT2D eigenvalue weighted by atomic mass is 32.2. The van der Waals surface area contributed by atoms with Crippen LogP contribution in [0.15, 0.2) is 47.4 Å². The fourth-order valence-electron chi connectivity index (χ4n) is 2.05. The third-order valence-corrected chi connectivity index (χ3v) is 4.61. The maximum absolute atomic E-state index is 12.7. The van der Waals surface area contributed by atoms with Crippen LogP contribution in [0.1, 0.15) is 10.4 Å². The van der Waals surface area contributed by atoms with Crippen molar-refractivity contribution < 1.29 is 27.6 Å². The quantitative estimate of drug-likeness (QED) is 0.472. The first kappa shape index (κ1) is 18.2. The second kappa shape index (κ2) is 7.18. The summed E-state index contributed by atoms with van der Waals surface area (Å²) in [5, 5.41) is 10.9. The van der Waals surface area contributed by atoms with Gasteiger partial charge < -0.3 is 9.47 Å². The Balaban J connectivity index is 2.53. The van der Waals surface area contributed by atoms with Crippen molar-refractivity contribution in [3.8, 4) is 5.75 Å². The van der Waals surface area contributed by atoms with Crippen LogP contribution in [-0.2, 0) is 14.8 Å². The van der Waals surface area contributed by atoms with E-state index in [2.05, 4.69) is 9.46 Å². The molecule has 0 saturated heterocycles. The summed E-state index contributed by atoms with van der Waals surface area (Å²) in [7, 11) is -1.86. The predicted molar refractivity (Wildman–Crippen MR) is 88.2 cm³/mol. The van der Waals surface area contributed by atoms with Crippen molar-refractivity contribution in [2.45, 2.75) is 4.90 Å². The molecule has 9 nitrogen and oxygen atoms in total.